The Bertz CT molecular complexity index is 1290. The number of aryl methyl sites for hydroxylation is 1. The Labute approximate surface area is 221 Å². The second-order valence-electron chi connectivity index (χ2n) is 8.89. The Hall–Kier alpha value is -3.64. The van der Waals surface area contributed by atoms with Crippen molar-refractivity contribution in [2.75, 3.05) is 52.8 Å². The number of nitrogens with two attached hydrogens (primary N) is 2. The summed E-state index contributed by atoms with van der Waals surface area (Å²) in [5.41, 5.74) is 13.1. The normalized spacial score (nSPS) is 11.2. The molecule has 0 radical (unpaired) electrons. The van der Waals surface area contributed by atoms with Gasteiger partial charge in [-0.2, -0.15) is 0 Å². The molecule has 3 rings (SSSR count). The number of nitrogens with one attached hydrogen (secondary N) is 1. The van der Waals surface area contributed by atoms with Gasteiger partial charge in [-0.1, -0.05) is 11.6 Å². The van der Waals surface area contributed by atoms with Crippen molar-refractivity contribution in [3.8, 4) is 5.75 Å². The summed E-state index contributed by atoms with van der Waals surface area (Å²) in [5, 5.41) is 2.73. The maximum absolute atomic E-state index is 13.2. The largest absolute Gasteiger partial charge is 0.497 e. The fraction of sp³-hybridized carbons (Fsp3) is 0.458. The van der Waals surface area contributed by atoms with Crippen LogP contribution in [0.5, 0.6) is 5.75 Å². The molecule has 0 aliphatic carbocycles. The van der Waals surface area contributed by atoms with Crippen molar-refractivity contribution >= 4 is 46.1 Å². The zero-order valence-corrected chi connectivity index (χ0v) is 22.7. The zero-order valence-electron chi connectivity index (χ0n) is 21.9. The molecular weight excluding hydrogens is 498 g/mol. The van der Waals surface area contributed by atoms with Crippen LogP contribution in [-0.2, 0) is 24.4 Å². The summed E-state index contributed by atoms with van der Waals surface area (Å²) in [4.78, 5) is 37.8. The Morgan fingerprint density at radius 3 is 2.54 bits per heavy atom. The summed E-state index contributed by atoms with van der Waals surface area (Å²) in [7, 11) is 7.41. The predicted molar refractivity (Wildman–Crippen MR) is 142 cm³/mol. The van der Waals surface area contributed by atoms with Crippen LogP contribution in [0.25, 0.3) is 11.0 Å². The molecule has 2 aromatic heterocycles. The number of amides is 2. The number of halogens is 1. The minimum atomic E-state index is -0.559. The summed E-state index contributed by atoms with van der Waals surface area (Å²) >= 11 is 5.94. The van der Waals surface area contributed by atoms with Crippen LogP contribution in [0, 0.1) is 0 Å². The van der Waals surface area contributed by atoms with Crippen LogP contribution >= 0.6 is 11.6 Å². The number of rotatable bonds is 11. The van der Waals surface area contributed by atoms with E-state index < -0.39 is 5.91 Å². The van der Waals surface area contributed by atoms with Crippen LogP contribution in [0.2, 0.25) is 5.15 Å². The van der Waals surface area contributed by atoms with Crippen molar-refractivity contribution in [3.63, 3.8) is 0 Å². The lowest BCUT2D eigenvalue weighted by Gasteiger charge is -2.18. The van der Waals surface area contributed by atoms with Crippen molar-refractivity contribution in [3.05, 3.63) is 34.9 Å². The third-order valence-corrected chi connectivity index (χ3v) is 6.33. The first-order valence-electron chi connectivity index (χ1n) is 11.9. The van der Waals surface area contributed by atoms with E-state index in [0.29, 0.717) is 18.8 Å². The van der Waals surface area contributed by atoms with Gasteiger partial charge in [-0.3, -0.25) is 9.59 Å². The monoisotopic (exact) mass is 532 g/mol. The van der Waals surface area contributed by atoms with Crippen LogP contribution in [0.1, 0.15) is 29.7 Å². The van der Waals surface area contributed by atoms with Crippen LogP contribution in [0.3, 0.4) is 0 Å². The minimum absolute atomic E-state index is 0.0391. The minimum Gasteiger partial charge on any atom is -0.497 e. The first-order chi connectivity index (χ1) is 17.6. The smallest absolute Gasteiger partial charge is 0.277 e. The van der Waals surface area contributed by atoms with E-state index in [1.807, 2.05) is 48.4 Å². The number of imidazole rings is 1. The number of likely N-dealkylation sites (N-methyl/N-ethyl adjacent to an activating group) is 1. The van der Waals surface area contributed by atoms with Gasteiger partial charge in [0.05, 0.1) is 13.7 Å². The molecule has 0 atom stereocenters. The molecule has 0 saturated heterocycles. The average molecular weight is 533 g/mol. The number of hydrogen-bond donors (Lipinski definition) is 3. The Morgan fingerprint density at radius 2 is 1.89 bits per heavy atom. The fourth-order valence-electron chi connectivity index (χ4n) is 4.08. The van der Waals surface area contributed by atoms with Gasteiger partial charge in [0.15, 0.2) is 40.1 Å². The van der Waals surface area contributed by atoms with E-state index in [1.54, 1.807) is 19.1 Å². The molecule has 0 bridgehead atoms. The van der Waals surface area contributed by atoms with E-state index in [0.717, 1.165) is 29.8 Å². The predicted octanol–water partition coefficient (Wildman–Crippen LogP) is 0.905. The van der Waals surface area contributed by atoms with Gasteiger partial charge in [0.1, 0.15) is 12.3 Å². The molecule has 0 saturated carbocycles. The molecule has 1 aromatic carbocycles. The number of fused-ring (bicyclic) bond motifs is 1. The first kappa shape index (κ1) is 27.9. The highest BCUT2D eigenvalue weighted by molar-refractivity contribution is 6.31. The number of benzene rings is 1. The number of methoxy groups -OCH3 is 1. The average Bonchev–Trinajstić information content (AvgIpc) is 3.15. The highest BCUT2D eigenvalue weighted by Crippen LogP contribution is 2.22. The molecule has 0 aliphatic heterocycles. The van der Waals surface area contributed by atoms with Gasteiger partial charge in [0.2, 0.25) is 0 Å². The SMILES string of the molecule is CCn1c(CNC(=O)c2nc(Cl)c(N)nc2N)[n+](CC(=O)N(C)CCCN(C)C)c2ccc(OC)cc21. The number of nitrogen functional groups attached to an aromatic ring is 2. The Kier molecular flexibility index (Phi) is 9.11. The molecule has 0 aliphatic rings. The van der Waals surface area contributed by atoms with E-state index in [2.05, 4.69) is 20.2 Å². The zero-order chi connectivity index (χ0) is 27.3. The first-order valence-corrected chi connectivity index (χ1v) is 12.3. The summed E-state index contributed by atoms with van der Waals surface area (Å²) in [6.07, 6.45) is 0.864. The van der Waals surface area contributed by atoms with E-state index in [9.17, 15) is 9.59 Å². The van der Waals surface area contributed by atoms with E-state index in [4.69, 9.17) is 27.8 Å². The molecule has 200 valence electrons. The van der Waals surface area contributed by atoms with Gasteiger partial charge in [0, 0.05) is 19.7 Å². The van der Waals surface area contributed by atoms with Crippen LogP contribution in [0.4, 0.5) is 11.6 Å². The van der Waals surface area contributed by atoms with E-state index in [-0.39, 0.29) is 41.5 Å². The molecule has 0 fully saturated rings. The van der Waals surface area contributed by atoms with Crippen molar-refractivity contribution in [2.24, 2.45) is 0 Å². The van der Waals surface area contributed by atoms with Crippen LogP contribution in [-0.4, -0.2) is 77.5 Å². The van der Waals surface area contributed by atoms with Crippen molar-refractivity contribution < 1.29 is 18.9 Å². The van der Waals surface area contributed by atoms with Crippen LogP contribution < -0.4 is 26.1 Å². The summed E-state index contributed by atoms with van der Waals surface area (Å²) in [6, 6.07) is 5.67. The quantitative estimate of drug-likeness (QED) is 0.308. The molecule has 37 heavy (non-hydrogen) atoms. The molecule has 5 N–H and O–H groups in total. The molecule has 12 nitrogen and oxygen atoms in total. The molecular formula is C24H35ClN9O3+. The van der Waals surface area contributed by atoms with Gasteiger partial charge in [0.25, 0.3) is 17.6 Å². The van der Waals surface area contributed by atoms with Crippen LogP contribution in [0.15, 0.2) is 18.2 Å². The van der Waals surface area contributed by atoms with Gasteiger partial charge < -0.3 is 31.3 Å². The highest BCUT2D eigenvalue weighted by Gasteiger charge is 2.28. The molecule has 2 amide bonds. The summed E-state index contributed by atoms with van der Waals surface area (Å²) < 4.78 is 9.36. The molecule has 13 heteroatoms. The second kappa shape index (κ2) is 12.1. The van der Waals surface area contributed by atoms with E-state index in [1.165, 1.54) is 0 Å². The summed E-state index contributed by atoms with van der Waals surface area (Å²) in [5.74, 6) is 0.638. The third kappa shape index (κ3) is 6.38. The molecule has 3 aromatic rings. The number of carbonyl (C=O) groups excluding carboxylic acids is 2. The Morgan fingerprint density at radius 1 is 1.16 bits per heavy atom. The lowest BCUT2D eigenvalue weighted by atomic mass is 10.3. The lowest BCUT2D eigenvalue weighted by molar-refractivity contribution is -0.668. The third-order valence-electron chi connectivity index (χ3n) is 6.05. The van der Waals surface area contributed by atoms with Crippen molar-refractivity contribution in [1.29, 1.82) is 0 Å². The molecule has 2 heterocycles. The number of anilines is 2. The lowest BCUT2D eigenvalue weighted by Crippen LogP contribution is -2.47. The number of carbonyl (C=O) groups is 2. The van der Waals surface area contributed by atoms with Gasteiger partial charge in [-0.15, -0.1) is 0 Å². The Balaban J connectivity index is 1.94. The van der Waals surface area contributed by atoms with Crippen molar-refractivity contribution in [2.45, 2.75) is 33.0 Å². The summed E-state index contributed by atoms with van der Waals surface area (Å²) in [6.45, 7) is 4.33. The fourth-order valence-corrected chi connectivity index (χ4v) is 4.20. The molecule has 0 spiro atoms. The maximum Gasteiger partial charge on any atom is 0.277 e. The van der Waals surface area contributed by atoms with Gasteiger partial charge >= 0.3 is 0 Å². The topological polar surface area (TPSA) is 149 Å². The standard InChI is InChI=1S/C24H34ClN9O3/c1-6-33-17-12-15(37-5)8-9-16(17)34(14-19(35)32(4)11-7-10-31(2)3)18(33)13-28-24(36)20-22(26)30-23(27)21(25)29-20/h8-9,12H,6-7,10-11,13-14H2,1-5H3,(H4-,26,27,28,30,36)/p+1. The number of nitrogens with zero attached hydrogens (tertiary/aromatic N) is 6. The van der Waals surface area contributed by atoms with E-state index >= 15 is 0 Å². The van der Waals surface area contributed by atoms with Crippen molar-refractivity contribution in [1.82, 2.24) is 29.7 Å². The maximum atomic E-state index is 13.2. The number of aromatic nitrogens is 4. The molecule has 0 unspecified atom stereocenters. The van der Waals surface area contributed by atoms with Gasteiger partial charge in [-0.05, 0) is 46.1 Å². The number of ether oxygens (including phenoxy) is 1. The highest BCUT2D eigenvalue weighted by atomic mass is 35.5. The number of hydrogen-bond acceptors (Lipinski definition) is 8. The second-order valence-corrected chi connectivity index (χ2v) is 9.25. The van der Waals surface area contributed by atoms with Gasteiger partial charge in [-0.25, -0.2) is 19.1 Å².